The molecule has 112 valence electrons. The highest BCUT2D eigenvalue weighted by atomic mass is 32.2. The van der Waals surface area contributed by atoms with E-state index in [2.05, 4.69) is 5.32 Å². The highest BCUT2D eigenvalue weighted by Gasteiger charge is 2.25. The topological polar surface area (TPSA) is 118 Å². The Balaban J connectivity index is 2.25. The van der Waals surface area contributed by atoms with Gasteiger partial charge >= 0.3 is 0 Å². The Hall–Kier alpha value is -1.31. The van der Waals surface area contributed by atoms with Gasteiger partial charge in [0.15, 0.2) is 0 Å². The summed E-state index contributed by atoms with van der Waals surface area (Å²) in [4.78, 5) is -0.0705. The number of aliphatic hydroxyl groups is 1. The smallest absolute Gasteiger partial charge is 0.240 e. The summed E-state index contributed by atoms with van der Waals surface area (Å²) in [7, 11) is -3.83. The first-order chi connectivity index (χ1) is 9.43. The van der Waals surface area contributed by atoms with E-state index in [4.69, 9.17) is 10.9 Å². The molecular weight excluding hydrogens is 278 g/mol. The molecule has 1 aromatic rings. The van der Waals surface area contributed by atoms with E-state index < -0.39 is 10.0 Å². The minimum Gasteiger partial charge on any atom is -0.396 e. The molecule has 0 aliphatic heterocycles. The van der Waals surface area contributed by atoms with Gasteiger partial charge in [0.25, 0.3) is 0 Å². The zero-order valence-corrected chi connectivity index (χ0v) is 12.1. The minimum atomic E-state index is -3.83. The van der Waals surface area contributed by atoms with Crippen molar-refractivity contribution >= 4 is 21.4 Å². The fourth-order valence-corrected chi connectivity index (χ4v) is 3.42. The van der Waals surface area contributed by atoms with E-state index in [1.807, 2.05) is 0 Å². The molecule has 1 fully saturated rings. The van der Waals surface area contributed by atoms with Crippen LogP contribution >= 0.6 is 0 Å². The second-order valence-electron chi connectivity index (χ2n) is 5.24. The Morgan fingerprint density at radius 3 is 2.65 bits per heavy atom. The summed E-state index contributed by atoms with van der Waals surface area (Å²) in [6.45, 7) is 0.118. The van der Waals surface area contributed by atoms with Crippen LogP contribution in [0.15, 0.2) is 23.1 Å². The van der Waals surface area contributed by atoms with Gasteiger partial charge < -0.3 is 16.2 Å². The van der Waals surface area contributed by atoms with E-state index in [0.29, 0.717) is 5.69 Å². The molecule has 20 heavy (non-hydrogen) atoms. The van der Waals surface area contributed by atoms with Crippen LogP contribution in [-0.2, 0) is 10.0 Å². The average molecular weight is 299 g/mol. The third kappa shape index (κ3) is 3.23. The second kappa shape index (κ2) is 5.99. The van der Waals surface area contributed by atoms with Crippen molar-refractivity contribution in [3.05, 3.63) is 18.2 Å². The lowest BCUT2D eigenvalue weighted by molar-refractivity contribution is 0.178. The Labute approximate surface area is 119 Å². The molecule has 0 aromatic heterocycles. The van der Waals surface area contributed by atoms with E-state index in [0.717, 1.165) is 25.7 Å². The summed E-state index contributed by atoms with van der Waals surface area (Å²) in [5.74, 6) is 0.168. The second-order valence-corrected chi connectivity index (χ2v) is 6.77. The third-order valence-electron chi connectivity index (χ3n) is 3.86. The summed E-state index contributed by atoms with van der Waals surface area (Å²) in [6.07, 6.45) is 4.09. The highest BCUT2D eigenvalue weighted by molar-refractivity contribution is 7.89. The average Bonchev–Trinajstić information content (AvgIpc) is 2.40. The van der Waals surface area contributed by atoms with Crippen molar-refractivity contribution in [1.82, 2.24) is 0 Å². The largest absolute Gasteiger partial charge is 0.396 e. The first kappa shape index (κ1) is 15.1. The van der Waals surface area contributed by atoms with E-state index in [-0.39, 0.29) is 29.1 Å². The normalized spacial score (nSPS) is 23.5. The van der Waals surface area contributed by atoms with Crippen LogP contribution in [0, 0.1) is 5.92 Å². The zero-order chi connectivity index (χ0) is 14.8. The molecule has 6 nitrogen and oxygen atoms in total. The lowest BCUT2D eigenvalue weighted by Crippen LogP contribution is -2.34. The van der Waals surface area contributed by atoms with Gasteiger partial charge in [0.05, 0.1) is 11.4 Å². The van der Waals surface area contributed by atoms with E-state index in [1.54, 1.807) is 12.1 Å². The standard InChI is InChI=1S/C13H21N3O3S/c14-13-11(6-3-7-12(13)20(15,18)19)16-10-5-2-1-4-9(10)8-17/h3,6-7,9-10,16-17H,1-2,4-5,8,14H2,(H2,15,18,19). The molecule has 2 unspecified atom stereocenters. The molecule has 0 radical (unpaired) electrons. The molecule has 0 amide bonds. The van der Waals surface area contributed by atoms with Gasteiger partial charge in [0.2, 0.25) is 10.0 Å². The number of nitrogens with one attached hydrogen (secondary N) is 1. The molecule has 1 aliphatic carbocycles. The maximum Gasteiger partial charge on any atom is 0.240 e. The SMILES string of the molecule is Nc1c(NC2CCCCC2CO)cccc1S(N)(=O)=O. The lowest BCUT2D eigenvalue weighted by atomic mass is 9.85. The van der Waals surface area contributed by atoms with Crippen LogP contribution in [0.1, 0.15) is 25.7 Å². The van der Waals surface area contributed by atoms with Crippen molar-refractivity contribution in [2.24, 2.45) is 11.1 Å². The van der Waals surface area contributed by atoms with Crippen LogP contribution in [0.3, 0.4) is 0 Å². The van der Waals surface area contributed by atoms with E-state index >= 15 is 0 Å². The third-order valence-corrected chi connectivity index (χ3v) is 4.83. The maximum atomic E-state index is 11.4. The molecule has 0 saturated heterocycles. The number of hydrogen-bond donors (Lipinski definition) is 4. The fourth-order valence-electron chi connectivity index (χ4n) is 2.73. The number of benzene rings is 1. The molecule has 6 N–H and O–H groups in total. The molecule has 0 spiro atoms. The van der Waals surface area contributed by atoms with Gasteiger partial charge in [0.1, 0.15) is 4.90 Å². The fraction of sp³-hybridized carbons (Fsp3) is 0.538. The van der Waals surface area contributed by atoms with Crippen molar-refractivity contribution in [1.29, 1.82) is 0 Å². The summed E-state index contributed by atoms with van der Waals surface area (Å²) in [6, 6.07) is 4.83. The summed E-state index contributed by atoms with van der Waals surface area (Å²) < 4.78 is 22.9. The number of nitrogen functional groups attached to an aromatic ring is 1. The van der Waals surface area contributed by atoms with Crippen LogP contribution in [0.4, 0.5) is 11.4 Å². The molecule has 2 rings (SSSR count). The Bertz CT molecular complexity index is 574. The van der Waals surface area contributed by atoms with E-state index in [9.17, 15) is 13.5 Å². The first-order valence-electron chi connectivity index (χ1n) is 6.72. The number of anilines is 2. The van der Waals surface area contributed by atoms with Gasteiger partial charge in [-0.05, 0) is 25.0 Å². The van der Waals surface area contributed by atoms with Crippen LogP contribution < -0.4 is 16.2 Å². The molecule has 0 bridgehead atoms. The predicted octanol–water partition coefficient (Wildman–Crippen LogP) is 0.879. The number of aliphatic hydroxyl groups excluding tert-OH is 1. The summed E-state index contributed by atoms with van der Waals surface area (Å²) in [5, 5.41) is 17.8. The first-order valence-corrected chi connectivity index (χ1v) is 8.27. The van der Waals surface area contributed by atoms with Gasteiger partial charge in [-0.15, -0.1) is 0 Å². The van der Waals surface area contributed by atoms with Crippen LogP contribution in [0.25, 0.3) is 0 Å². The Kier molecular flexibility index (Phi) is 4.52. The molecule has 1 aliphatic rings. The molecular formula is C13H21N3O3S. The quantitative estimate of drug-likeness (QED) is 0.615. The number of rotatable bonds is 4. The number of primary sulfonamides is 1. The molecule has 7 heteroatoms. The van der Waals surface area contributed by atoms with Crippen molar-refractivity contribution < 1.29 is 13.5 Å². The van der Waals surface area contributed by atoms with Crippen LogP contribution in [0.2, 0.25) is 0 Å². The van der Waals surface area contributed by atoms with Crippen molar-refractivity contribution in [3.8, 4) is 0 Å². The Morgan fingerprint density at radius 1 is 1.30 bits per heavy atom. The summed E-state index contributed by atoms with van der Waals surface area (Å²) >= 11 is 0. The van der Waals surface area contributed by atoms with Crippen molar-refractivity contribution in [2.45, 2.75) is 36.6 Å². The molecule has 1 aromatic carbocycles. The molecule has 1 saturated carbocycles. The molecule has 2 atom stereocenters. The van der Waals surface area contributed by atoms with Gasteiger partial charge in [-0.25, -0.2) is 13.6 Å². The van der Waals surface area contributed by atoms with E-state index in [1.165, 1.54) is 6.07 Å². The number of nitrogens with two attached hydrogens (primary N) is 2. The Morgan fingerprint density at radius 2 is 2.00 bits per heavy atom. The minimum absolute atomic E-state index is 0.0705. The number of sulfonamides is 1. The zero-order valence-electron chi connectivity index (χ0n) is 11.2. The van der Waals surface area contributed by atoms with Gasteiger partial charge in [-0.1, -0.05) is 18.9 Å². The predicted molar refractivity (Wildman–Crippen MR) is 78.7 cm³/mol. The highest BCUT2D eigenvalue weighted by Crippen LogP contribution is 2.31. The van der Waals surface area contributed by atoms with Crippen LogP contribution in [0.5, 0.6) is 0 Å². The van der Waals surface area contributed by atoms with Crippen LogP contribution in [-0.4, -0.2) is 26.2 Å². The lowest BCUT2D eigenvalue weighted by Gasteiger charge is -2.32. The van der Waals surface area contributed by atoms with Crippen molar-refractivity contribution in [3.63, 3.8) is 0 Å². The van der Waals surface area contributed by atoms with Gasteiger partial charge in [-0.2, -0.15) is 0 Å². The number of para-hydroxylation sites is 1. The molecule has 0 heterocycles. The maximum absolute atomic E-state index is 11.4. The number of hydrogen-bond acceptors (Lipinski definition) is 5. The van der Waals surface area contributed by atoms with Gasteiger partial charge in [0, 0.05) is 18.6 Å². The summed E-state index contributed by atoms with van der Waals surface area (Å²) in [5.41, 5.74) is 6.58. The van der Waals surface area contributed by atoms with Gasteiger partial charge in [-0.3, -0.25) is 0 Å². The van der Waals surface area contributed by atoms with Crippen molar-refractivity contribution in [2.75, 3.05) is 17.7 Å². The monoisotopic (exact) mass is 299 g/mol.